The Morgan fingerprint density at radius 3 is 1.35 bits per heavy atom. The summed E-state index contributed by atoms with van der Waals surface area (Å²) in [6.07, 6.45) is 5.17. The van der Waals surface area contributed by atoms with Crippen LogP contribution in [0.1, 0.15) is 46.4 Å². The molecule has 0 saturated carbocycles. The normalized spacial score (nSPS) is 11.9. The molecule has 2 aromatic carbocycles. The van der Waals surface area contributed by atoms with Gasteiger partial charge in [-0.1, -0.05) is 23.2 Å². The van der Waals surface area contributed by atoms with Gasteiger partial charge in [0.15, 0.2) is 11.6 Å². The number of halogens is 2. The average molecular weight is 505 g/mol. The van der Waals surface area contributed by atoms with Crippen molar-refractivity contribution in [2.45, 2.75) is 25.7 Å². The van der Waals surface area contributed by atoms with Crippen LogP contribution in [0.5, 0.6) is 0 Å². The van der Waals surface area contributed by atoms with Crippen molar-refractivity contribution in [3.05, 3.63) is 93.2 Å². The molecule has 182 valence electrons. The van der Waals surface area contributed by atoms with Crippen molar-refractivity contribution in [1.29, 1.82) is 0 Å². The van der Waals surface area contributed by atoms with Crippen LogP contribution in [0.15, 0.2) is 72.1 Å². The van der Waals surface area contributed by atoms with Crippen LogP contribution in [-0.2, 0) is 0 Å². The third-order valence-corrected chi connectivity index (χ3v) is 5.41. The molecule has 0 aliphatic rings. The first-order valence-corrected chi connectivity index (χ1v) is 11.9. The quantitative estimate of drug-likeness (QED) is 0.161. The van der Waals surface area contributed by atoms with E-state index in [0.717, 1.165) is 0 Å². The monoisotopic (exact) mass is 504 g/mol. The lowest BCUT2D eigenvalue weighted by atomic mass is 10.1. The lowest BCUT2D eigenvalue weighted by molar-refractivity contribution is 0.103. The van der Waals surface area contributed by atoms with Crippen molar-refractivity contribution in [3.63, 3.8) is 0 Å². The molecule has 0 radical (unpaired) electrons. The van der Waals surface area contributed by atoms with Gasteiger partial charge < -0.3 is 20.8 Å². The lowest BCUT2D eigenvalue weighted by Gasteiger charge is -2.14. The molecule has 0 amide bonds. The Balaban J connectivity index is 1.98. The molecule has 0 aromatic heterocycles. The number of aliphatic hydroxyl groups is 2. The van der Waals surface area contributed by atoms with E-state index in [1.54, 1.807) is 48.5 Å². The summed E-state index contributed by atoms with van der Waals surface area (Å²) in [6, 6.07) is 13.3. The fraction of sp³-hybridized carbons (Fsp3) is 0.308. The number of benzene rings is 2. The lowest BCUT2D eigenvalue weighted by Crippen LogP contribution is -2.27. The highest BCUT2D eigenvalue weighted by Gasteiger charge is 2.08. The highest BCUT2D eigenvalue weighted by atomic mass is 35.5. The summed E-state index contributed by atoms with van der Waals surface area (Å²) >= 11 is 11.8. The second kappa shape index (κ2) is 15.3. The molecule has 2 aromatic rings. The maximum atomic E-state index is 12.5. The maximum absolute atomic E-state index is 12.5. The maximum Gasteiger partial charge on any atom is 0.187 e. The number of nitrogens with one attached hydrogen (secondary N) is 2. The molecule has 0 bridgehead atoms. The fourth-order valence-corrected chi connectivity index (χ4v) is 3.37. The second-order valence-corrected chi connectivity index (χ2v) is 8.46. The van der Waals surface area contributed by atoms with Crippen molar-refractivity contribution in [2.24, 2.45) is 0 Å². The van der Waals surface area contributed by atoms with E-state index in [1.165, 1.54) is 12.2 Å². The summed E-state index contributed by atoms with van der Waals surface area (Å²) in [5.74, 6) is -0.302. The van der Waals surface area contributed by atoms with Crippen LogP contribution < -0.4 is 10.6 Å². The minimum atomic E-state index is -0.151. The van der Waals surface area contributed by atoms with Gasteiger partial charge in [0.2, 0.25) is 0 Å². The highest BCUT2D eigenvalue weighted by molar-refractivity contribution is 6.31. The molecule has 2 rings (SSSR count). The number of aliphatic hydroxyl groups excluding tert-OH is 2. The van der Waals surface area contributed by atoms with Crippen LogP contribution in [0.4, 0.5) is 0 Å². The Hall–Kier alpha value is -2.64. The Morgan fingerprint density at radius 2 is 1.03 bits per heavy atom. The van der Waals surface area contributed by atoms with E-state index in [2.05, 4.69) is 10.6 Å². The number of carbonyl (C=O) groups is 2. The third-order valence-electron chi connectivity index (χ3n) is 4.91. The Kier molecular flexibility index (Phi) is 12.4. The largest absolute Gasteiger partial charge is 0.396 e. The van der Waals surface area contributed by atoms with Gasteiger partial charge in [0.1, 0.15) is 0 Å². The molecule has 0 aliphatic carbocycles. The SMILES string of the molecule is O=C(C=C(CCCO)NCCNC(=CC(=O)c1ccc(Cl)cc1)CCCO)c1ccc(Cl)cc1. The summed E-state index contributed by atoms with van der Waals surface area (Å²) in [6.45, 7) is 1.04. The first-order valence-electron chi connectivity index (χ1n) is 11.1. The van der Waals surface area contributed by atoms with Gasteiger partial charge >= 0.3 is 0 Å². The molecule has 0 unspecified atom stereocenters. The van der Waals surface area contributed by atoms with Gasteiger partial charge in [-0.05, 0) is 74.2 Å². The van der Waals surface area contributed by atoms with Crippen LogP contribution in [-0.4, -0.2) is 48.1 Å². The minimum absolute atomic E-state index is 0.0211. The molecular formula is C26H30Cl2N2O4. The number of rotatable bonds is 15. The average Bonchev–Trinajstić information content (AvgIpc) is 2.83. The summed E-state index contributed by atoms with van der Waals surface area (Å²) in [5.41, 5.74) is 2.49. The smallest absolute Gasteiger partial charge is 0.187 e. The predicted molar refractivity (Wildman–Crippen MR) is 136 cm³/mol. The van der Waals surface area contributed by atoms with Crippen molar-refractivity contribution in [2.75, 3.05) is 26.3 Å². The summed E-state index contributed by atoms with van der Waals surface area (Å²) in [5, 5.41) is 26.0. The fourth-order valence-electron chi connectivity index (χ4n) is 3.12. The van der Waals surface area contributed by atoms with Gasteiger partial charge in [0.05, 0.1) is 0 Å². The van der Waals surface area contributed by atoms with Gasteiger partial charge in [-0.2, -0.15) is 0 Å². The van der Waals surface area contributed by atoms with Crippen molar-refractivity contribution in [3.8, 4) is 0 Å². The molecule has 34 heavy (non-hydrogen) atoms. The Labute approximate surface area is 210 Å². The van der Waals surface area contributed by atoms with Gasteiger partial charge in [-0.3, -0.25) is 9.59 Å². The Bertz CT molecular complexity index is 905. The molecular weight excluding hydrogens is 475 g/mol. The number of hydrogen-bond donors (Lipinski definition) is 4. The first kappa shape index (κ1) is 27.6. The van der Waals surface area contributed by atoms with Gasteiger partial charge in [-0.15, -0.1) is 0 Å². The van der Waals surface area contributed by atoms with Crippen LogP contribution in [0.25, 0.3) is 0 Å². The van der Waals surface area contributed by atoms with Gasteiger partial charge in [0.25, 0.3) is 0 Å². The molecule has 6 nitrogen and oxygen atoms in total. The molecule has 8 heteroatoms. The summed E-state index contributed by atoms with van der Waals surface area (Å²) in [4.78, 5) is 25.1. The topological polar surface area (TPSA) is 98.7 Å². The van der Waals surface area contributed by atoms with Crippen LogP contribution in [0.2, 0.25) is 10.0 Å². The van der Waals surface area contributed by atoms with E-state index in [-0.39, 0.29) is 24.8 Å². The molecule has 4 N–H and O–H groups in total. The summed E-state index contributed by atoms with van der Waals surface area (Å²) in [7, 11) is 0. The van der Waals surface area contributed by atoms with Gasteiger partial charge in [-0.25, -0.2) is 0 Å². The van der Waals surface area contributed by atoms with E-state index in [0.29, 0.717) is 71.3 Å². The van der Waals surface area contributed by atoms with E-state index in [1.807, 2.05) is 0 Å². The highest BCUT2D eigenvalue weighted by Crippen LogP contribution is 2.13. The van der Waals surface area contributed by atoms with Crippen molar-refractivity contribution >= 4 is 34.8 Å². The van der Waals surface area contributed by atoms with E-state index < -0.39 is 0 Å². The molecule has 0 aliphatic heterocycles. The van der Waals surface area contributed by atoms with Crippen LogP contribution in [0.3, 0.4) is 0 Å². The molecule has 0 spiro atoms. The van der Waals surface area contributed by atoms with Crippen LogP contribution in [0, 0.1) is 0 Å². The van der Waals surface area contributed by atoms with E-state index in [4.69, 9.17) is 23.2 Å². The summed E-state index contributed by atoms with van der Waals surface area (Å²) < 4.78 is 0. The number of ketones is 2. The molecule has 0 heterocycles. The van der Waals surface area contributed by atoms with Gasteiger partial charge in [0, 0.05) is 71.0 Å². The van der Waals surface area contributed by atoms with Crippen LogP contribution >= 0.6 is 23.2 Å². The second-order valence-electron chi connectivity index (χ2n) is 7.59. The Morgan fingerprint density at radius 1 is 0.676 bits per heavy atom. The zero-order chi connectivity index (χ0) is 24.8. The first-order chi connectivity index (χ1) is 16.4. The zero-order valence-electron chi connectivity index (χ0n) is 18.9. The zero-order valence-corrected chi connectivity index (χ0v) is 20.4. The van der Waals surface area contributed by atoms with E-state index >= 15 is 0 Å². The molecule has 0 saturated heterocycles. The molecule has 0 atom stereocenters. The standard InChI is InChI=1S/C26H30Cl2N2O4/c27-21-9-5-19(6-10-21)25(33)17-23(3-1-15-31)29-13-14-30-24(4-2-16-32)18-26(34)20-7-11-22(28)12-8-20/h5-12,17-18,29-32H,1-4,13-16H2. The van der Waals surface area contributed by atoms with E-state index in [9.17, 15) is 19.8 Å². The predicted octanol–water partition coefficient (Wildman–Crippen LogP) is 4.55. The number of carbonyl (C=O) groups excluding carboxylic acids is 2. The third kappa shape index (κ3) is 10.1. The number of allylic oxidation sites excluding steroid dienone is 4. The number of hydrogen-bond acceptors (Lipinski definition) is 6. The van der Waals surface area contributed by atoms with Crippen molar-refractivity contribution in [1.82, 2.24) is 10.6 Å². The van der Waals surface area contributed by atoms with Crippen molar-refractivity contribution < 1.29 is 19.8 Å². The molecule has 0 fully saturated rings. The minimum Gasteiger partial charge on any atom is -0.396 e.